The van der Waals surface area contributed by atoms with Gasteiger partial charge in [0.05, 0.1) is 44.2 Å². The van der Waals surface area contributed by atoms with Crippen LogP contribution in [-0.4, -0.2) is 24.5 Å². The van der Waals surface area contributed by atoms with E-state index in [9.17, 15) is 9.59 Å². The third-order valence-electron chi connectivity index (χ3n) is 9.20. The first kappa shape index (κ1) is 24.2. The Kier molecular flexibility index (Phi) is 4.65. The number of benzene rings is 6. The van der Waals surface area contributed by atoms with Gasteiger partial charge in [0.25, 0.3) is 5.56 Å². The van der Waals surface area contributed by atoms with Crippen molar-refractivity contribution in [2.45, 2.75) is 0 Å². The third kappa shape index (κ3) is 3.15. The van der Waals surface area contributed by atoms with E-state index in [0.29, 0.717) is 22.2 Å². The molecule has 0 amide bonds. The molecule has 1 aliphatic rings. The zero-order valence-electron chi connectivity index (χ0n) is 23.8. The fourth-order valence-electron chi connectivity index (χ4n) is 7.25. The van der Waals surface area contributed by atoms with Crippen LogP contribution in [0.15, 0.2) is 138 Å². The van der Waals surface area contributed by atoms with E-state index in [1.54, 1.807) is 0 Å². The molecule has 0 aliphatic carbocycles. The highest BCUT2D eigenvalue weighted by molar-refractivity contribution is 6.15. The molecule has 10 rings (SSSR count). The smallest absolute Gasteiger partial charge is 0.266 e. The van der Waals surface area contributed by atoms with E-state index in [1.807, 2.05) is 84.9 Å². The molecule has 0 saturated carbocycles. The van der Waals surface area contributed by atoms with Gasteiger partial charge >= 0.3 is 0 Å². The first-order chi connectivity index (χ1) is 22.2. The lowest BCUT2D eigenvalue weighted by molar-refractivity contribution is 0.103. The molecule has 1 aliphatic heterocycles. The Hall–Kier alpha value is -6.27. The van der Waals surface area contributed by atoms with Gasteiger partial charge < -0.3 is 9.13 Å². The summed E-state index contributed by atoms with van der Waals surface area (Å²) in [4.78, 5) is 32.8. The van der Waals surface area contributed by atoms with Crippen molar-refractivity contribution < 1.29 is 4.79 Å². The molecule has 6 heteroatoms. The molecule has 3 aromatic heterocycles. The number of carbonyl (C=O) groups is 1. The quantitative estimate of drug-likeness (QED) is 0.208. The monoisotopic (exact) mass is 578 g/mol. The minimum atomic E-state index is -0.255. The van der Waals surface area contributed by atoms with Crippen LogP contribution in [0.2, 0.25) is 0 Å². The van der Waals surface area contributed by atoms with E-state index in [2.05, 4.69) is 57.7 Å². The number of carbonyl (C=O) groups excluding carboxylic acids is 1. The van der Waals surface area contributed by atoms with Gasteiger partial charge in [-0.3, -0.25) is 14.2 Å². The van der Waals surface area contributed by atoms with Crippen LogP contribution in [-0.2, 0) is 0 Å². The van der Waals surface area contributed by atoms with Gasteiger partial charge in [-0.2, -0.15) is 0 Å². The Morgan fingerprint density at radius 3 is 1.44 bits per heavy atom. The summed E-state index contributed by atoms with van der Waals surface area (Å²) in [5, 5.41) is 5.05. The number of para-hydroxylation sites is 4. The molecule has 210 valence electrons. The number of hydrogen-bond donors (Lipinski definition) is 0. The maximum absolute atomic E-state index is 14.2. The van der Waals surface area contributed by atoms with Crippen molar-refractivity contribution in [1.82, 2.24) is 18.7 Å². The summed E-state index contributed by atoms with van der Waals surface area (Å²) in [7, 11) is 0. The van der Waals surface area contributed by atoms with E-state index in [4.69, 9.17) is 4.98 Å². The summed E-state index contributed by atoms with van der Waals surface area (Å²) in [6, 6.07) is 44.5. The lowest BCUT2D eigenvalue weighted by atomic mass is 10.1. The molecule has 0 saturated heterocycles. The van der Waals surface area contributed by atoms with E-state index in [1.165, 1.54) is 4.57 Å². The summed E-state index contributed by atoms with van der Waals surface area (Å²) < 4.78 is 5.83. The van der Waals surface area contributed by atoms with Gasteiger partial charge in [-0.05, 0) is 60.7 Å². The highest BCUT2D eigenvalue weighted by Crippen LogP contribution is 2.36. The van der Waals surface area contributed by atoms with Crippen molar-refractivity contribution in [3.8, 4) is 17.1 Å². The molecule has 6 nitrogen and oxygen atoms in total. The van der Waals surface area contributed by atoms with Crippen molar-refractivity contribution in [3.05, 3.63) is 155 Å². The van der Waals surface area contributed by atoms with Crippen LogP contribution in [0.1, 0.15) is 16.2 Å². The molecule has 0 fully saturated rings. The normalized spacial score (nSPS) is 12.6. The van der Waals surface area contributed by atoms with Crippen molar-refractivity contribution >= 4 is 60.3 Å². The predicted molar refractivity (Wildman–Crippen MR) is 179 cm³/mol. The molecule has 4 heterocycles. The molecule has 0 unspecified atom stereocenters. The fraction of sp³-hybridized carbons (Fsp3) is 0. The summed E-state index contributed by atoms with van der Waals surface area (Å²) >= 11 is 0. The minimum absolute atomic E-state index is 0.145. The van der Waals surface area contributed by atoms with Gasteiger partial charge in [-0.25, -0.2) is 4.98 Å². The van der Waals surface area contributed by atoms with Crippen LogP contribution in [0, 0.1) is 0 Å². The number of rotatable bonds is 2. The van der Waals surface area contributed by atoms with Crippen LogP contribution >= 0.6 is 0 Å². The van der Waals surface area contributed by atoms with Gasteiger partial charge in [0.15, 0.2) is 5.82 Å². The first-order valence-corrected chi connectivity index (χ1v) is 14.9. The Bertz CT molecular complexity index is 2710. The van der Waals surface area contributed by atoms with Gasteiger partial charge in [0.2, 0.25) is 5.78 Å². The second-order valence-corrected chi connectivity index (χ2v) is 11.5. The molecule has 6 aromatic carbocycles. The van der Waals surface area contributed by atoms with Crippen LogP contribution < -0.4 is 5.56 Å². The molecule has 0 N–H and O–H groups in total. The second kappa shape index (κ2) is 8.65. The lowest BCUT2D eigenvalue weighted by Gasteiger charge is -2.11. The Morgan fingerprint density at radius 1 is 0.444 bits per heavy atom. The molecular weight excluding hydrogens is 556 g/mol. The molecule has 0 bridgehead atoms. The summed E-state index contributed by atoms with van der Waals surface area (Å²) in [5.41, 5.74) is 7.23. The second-order valence-electron chi connectivity index (χ2n) is 11.5. The summed E-state index contributed by atoms with van der Waals surface area (Å²) in [6.45, 7) is 0. The molecule has 0 atom stereocenters. The number of ketones is 1. The summed E-state index contributed by atoms with van der Waals surface area (Å²) in [6.07, 6.45) is 0. The van der Waals surface area contributed by atoms with Crippen LogP contribution in [0.3, 0.4) is 0 Å². The minimum Gasteiger partial charge on any atom is -0.309 e. The Morgan fingerprint density at radius 2 is 0.911 bits per heavy atom. The summed E-state index contributed by atoms with van der Waals surface area (Å²) in [5.74, 6) is -0.107. The topological polar surface area (TPSA) is 61.8 Å². The van der Waals surface area contributed by atoms with E-state index in [0.717, 1.165) is 55.0 Å². The Labute approximate surface area is 255 Å². The Balaban J connectivity index is 1.18. The van der Waals surface area contributed by atoms with Crippen molar-refractivity contribution in [2.24, 2.45) is 0 Å². The standard InChI is InChI=1S/C39H22N4O2/c44-37-30-22-24(42-34-15-7-3-11-27(34)28-12-4-8-16-35(28)42)18-20-36(30)43-38(37)40-31-19-17-23(21-29(31)39(43)45)41-32-13-5-1-9-25(32)26-10-2-6-14-33(26)41/h1-22H. The molecule has 0 spiro atoms. The highest BCUT2D eigenvalue weighted by atomic mass is 16.1. The predicted octanol–water partition coefficient (Wildman–Crippen LogP) is 8.12. The SMILES string of the molecule is O=C1c2cc(-n3c4ccccc4c4ccccc43)ccc2-n2c1nc1ccc(-n3c4ccccc4c4ccccc43)cc1c2=O. The largest absolute Gasteiger partial charge is 0.309 e. The average molecular weight is 579 g/mol. The number of fused-ring (bicyclic) bond motifs is 10. The van der Waals surface area contributed by atoms with Crippen LogP contribution in [0.25, 0.3) is 71.6 Å². The zero-order valence-corrected chi connectivity index (χ0v) is 23.8. The molecular formula is C39H22N4O2. The van der Waals surface area contributed by atoms with Gasteiger partial charge in [0.1, 0.15) is 0 Å². The van der Waals surface area contributed by atoms with Crippen molar-refractivity contribution in [1.29, 1.82) is 0 Å². The number of aromatic nitrogens is 4. The number of hydrogen-bond acceptors (Lipinski definition) is 3. The first-order valence-electron chi connectivity index (χ1n) is 14.9. The fourth-order valence-corrected chi connectivity index (χ4v) is 7.25. The van der Waals surface area contributed by atoms with Gasteiger partial charge in [-0.15, -0.1) is 0 Å². The van der Waals surface area contributed by atoms with E-state index in [-0.39, 0.29) is 17.2 Å². The molecule has 9 aromatic rings. The highest BCUT2D eigenvalue weighted by Gasteiger charge is 2.31. The molecule has 0 radical (unpaired) electrons. The van der Waals surface area contributed by atoms with E-state index >= 15 is 0 Å². The van der Waals surface area contributed by atoms with Gasteiger partial charge in [0, 0.05) is 32.9 Å². The van der Waals surface area contributed by atoms with Crippen LogP contribution in [0.5, 0.6) is 0 Å². The maximum atomic E-state index is 14.2. The van der Waals surface area contributed by atoms with E-state index < -0.39 is 0 Å². The zero-order chi connectivity index (χ0) is 29.8. The third-order valence-corrected chi connectivity index (χ3v) is 9.20. The van der Waals surface area contributed by atoms with Crippen LogP contribution in [0.4, 0.5) is 0 Å². The lowest BCUT2D eigenvalue weighted by Crippen LogP contribution is -2.21. The number of nitrogens with zero attached hydrogens (tertiary/aromatic N) is 4. The maximum Gasteiger partial charge on any atom is 0.266 e. The molecule has 45 heavy (non-hydrogen) atoms. The van der Waals surface area contributed by atoms with Crippen molar-refractivity contribution in [3.63, 3.8) is 0 Å². The van der Waals surface area contributed by atoms with Gasteiger partial charge in [-0.1, -0.05) is 72.8 Å². The average Bonchev–Trinajstić information content (AvgIpc) is 3.70. The van der Waals surface area contributed by atoms with Crippen molar-refractivity contribution in [2.75, 3.05) is 0 Å².